The summed E-state index contributed by atoms with van der Waals surface area (Å²) in [5.74, 6) is 0.287. The van der Waals surface area contributed by atoms with Crippen molar-refractivity contribution in [3.63, 3.8) is 0 Å². The van der Waals surface area contributed by atoms with Gasteiger partial charge in [0.1, 0.15) is 0 Å². The Hall–Kier alpha value is -1.04. The van der Waals surface area contributed by atoms with E-state index in [1.807, 2.05) is 19.1 Å². The van der Waals surface area contributed by atoms with Crippen molar-refractivity contribution in [1.82, 2.24) is 0 Å². The first-order valence-corrected chi connectivity index (χ1v) is 8.00. The molecule has 0 heterocycles. The van der Waals surface area contributed by atoms with E-state index in [2.05, 4.69) is 37.2 Å². The predicted molar refractivity (Wildman–Crippen MR) is 92.5 cm³/mol. The van der Waals surface area contributed by atoms with E-state index in [1.165, 1.54) is 7.11 Å². The standard InChI is InChI=1S/C15H12Br2ClNO2/c1-8-4-3-5-10(13(8)17)15(20)19-12-7-9(18)6-11(16)14(12)21-2/h3-7H,1-2H3,(H,19,20). The number of ether oxygens (including phenoxy) is 1. The zero-order chi connectivity index (χ0) is 15.6. The van der Waals surface area contributed by atoms with Crippen molar-refractivity contribution < 1.29 is 9.53 Å². The van der Waals surface area contributed by atoms with Crippen molar-refractivity contribution in [1.29, 1.82) is 0 Å². The molecular weight excluding hydrogens is 421 g/mol. The van der Waals surface area contributed by atoms with Crippen LogP contribution in [0.4, 0.5) is 5.69 Å². The van der Waals surface area contributed by atoms with E-state index >= 15 is 0 Å². The topological polar surface area (TPSA) is 38.3 Å². The normalized spacial score (nSPS) is 10.3. The minimum Gasteiger partial charge on any atom is -0.493 e. The Morgan fingerprint density at radius 1 is 1.29 bits per heavy atom. The van der Waals surface area contributed by atoms with E-state index in [4.69, 9.17) is 16.3 Å². The summed E-state index contributed by atoms with van der Waals surface area (Å²) in [6.07, 6.45) is 0. The van der Waals surface area contributed by atoms with Gasteiger partial charge in [-0.25, -0.2) is 0 Å². The highest BCUT2D eigenvalue weighted by molar-refractivity contribution is 9.11. The Morgan fingerprint density at radius 2 is 2.00 bits per heavy atom. The molecule has 0 aliphatic heterocycles. The van der Waals surface area contributed by atoms with Gasteiger partial charge in [0.25, 0.3) is 5.91 Å². The lowest BCUT2D eigenvalue weighted by atomic mass is 10.1. The molecule has 0 aromatic heterocycles. The van der Waals surface area contributed by atoms with E-state index in [0.29, 0.717) is 26.5 Å². The molecule has 1 amide bonds. The molecule has 0 radical (unpaired) electrons. The average molecular weight is 434 g/mol. The second-order valence-corrected chi connectivity index (χ2v) is 6.44. The van der Waals surface area contributed by atoms with E-state index < -0.39 is 0 Å². The minimum absolute atomic E-state index is 0.238. The predicted octanol–water partition coefficient (Wildman–Crippen LogP) is 5.43. The van der Waals surface area contributed by atoms with Gasteiger partial charge in [0, 0.05) is 9.50 Å². The molecule has 0 aliphatic carbocycles. The first-order valence-electron chi connectivity index (χ1n) is 6.03. The molecule has 6 heteroatoms. The molecule has 2 aromatic rings. The Bertz CT molecular complexity index is 704. The van der Waals surface area contributed by atoms with Crippen LogP contribution in [0.25, 0.3) is 0 Å². The van der Waals surface area contributed by atoms with Crippen LogP contribution in [0.15, 0.2) is 39.3 Å². The van der Waals surface area contributed by atoms with Gasteiger partial charge in [0.05, 0.1) is 22.8 Å². The van der Waals surface area contributed by atoms with E-state index in [9.17, 15) is 4.79 Å². The maximum atomic E-state index is 12.4. The van der Waals surface area contributed by atoms with Gasteiger partial charge in [0.15, 0.2) is 5.75 Å². The zero-order valence-electron chi connectivity index (χ0n) is 11.3. The fourth-order valence-corrected chi connectivity index (χ4v) is 3.29. The van der Waals surface area contributed by atoms with E-state index in [0.717, 1.165) is 10.0 Å². The largest absolute Gasteiger partial charge is 0.493 e. The first kappa shape index (κ1) is 16.3. The van der Waals surface area contributed by atoms with Crippen LogP contribution in [0.3, 0.4) is 0 Å². The second-order valence-electron chi connectivity index (χ2n) is 4.36. The summed E-state index contributed by atoms with van der Waals surface area (Å²) in [6.45, 7) is 1.93. The first-order chi connectivity index (χ1) is 9.93. The Kier molecular flexibility index (Phi) is 5.30. The molecule has 0 unspecified atom stereocenters. The van der Waals surface area contributed by atoms with Gasteiger partial charge in [-0.1, -0.05) is 23.7 Å². The lowest BCUT2D eigenvalue weighted by molar-refractivity contribution is 0.102. The van der Waals surface area contributed by atoms with Crippen LogP contribution in [-0.2, 0) is 0 Å². The number of amides is 1. The van der Waals surface area contributed by atoms with Gasteiger partial charge < -0.3 is 10.1 Å². The molecule has 1 N–H and O–H groups in total. The number of carbonyl (C=O) groups is 1. The highest BCUT2D eigenvalue weighted by Crippen LogP contribution is 2.36. The summed E-state index contributed by atoms with van der Waals surface area (Å²) in [5, 5.41) is 3.32. The summed E-state index contributed by atoms with van der Waals surface area (Å²) in [4.78, 5) is 12.4. The highest BCUT2D eigenvalue weighted by atomic mass is 79.9. The number of rotatable bonds is 3. The molecule has 0 saturated heterocycles. The van der Waals surface area contributed by atoms with Crippen LogP contribution in [0.2, 0.25) is 5.02 Å². The SMILES string of the molecule is COc1c(Br)cc(Cl)cc1NC(=O)c1cccc(C)c1Br. The average Bonchev–Trinajstić information content (AvgIpc) is 2.41. The molecular formula is C15H12Br2ClNO2. The smallest absolute Gasteiger partial charge is 0.256 e. The monoisotopic (exact) mass is 431 g/mol. The highest BCUT2D eigenvalue weighted by Gasteiger charge is 2.16. The van der Waals surface area contributed by atoms with Crippen molar-refractivity contribution in [2.45, 2.75) is 6.92 Å². The van der Waals surface area contributed by atoms with Crippen LogP contribution in [0.5, 0.6) is 5.75 Å². The van der Waals surface area contributed by atoms with Gasteiger partial charge >= 0.3 is 0 Å². The summed E-state index contributed by atoms with van der Waals surface area (Å²) >= 11 is 12.8. The molecule has 110 valence electrons. The van der Waals surface area contributed by atoms with Crippen LogP contribution in [0, 0.1) is 6.92 Å². The summed E-state index contributed by atoms with van der Waals surface area (Å²) in [6, 6.07) is 8.86. The van der Waals surface area contributed by atoms with E-state index in [1.54, 1.807) is 18.2 Å². The van der Waals surface area contributed by atoms with E-state index in [-0.39, 0.29) is 5.91 Å². The van der Waals surface area contributed by atoms with Crippen molar-refractivity contribution in [3.05, 3.63) is 55.4 Å². The molecule has 3 nitrogen and oxygen atoms in total. The molecule has 0 aliphatic rings. The van der Waals surface area contributed by atoms with Crippen molar-refractivity contribution in [2.75, 3.05) is 12.4 Å². The maximum Gasteiger partial charge on any atom is 0.256 e. The maximum absolute atomic E-state index is 12.4. The van der Waals surface area contributed by atoms with Crippen molar-refractivity contribution in [3.8, 4) is 5.75 Å². The number of aryl methyl sites for hydroxylation is 1. The van der Waals surface area contributed by atoms with Gasteiger partial charge in [-0.2, -0.15) is 0 Å². The Morgan fingerprint density at radius 3 is 2.67 bits per heavy atom. The van der Waals surface area contributed by atoms with Crippen LogP contribution in [-0.4, -0.2) is 13.0 Å². The quantitative estimate of drug-likeness (QED) is 0.701. The molecule has 0 bridgehead atoms. The number of nitrogens with one attached hydrogen (secondary N) is 1. The number of anilines is 1. The number of hydrogen-bond acceptors (Lipinski definition) is 2. The van der Waals surface area contributed by atoms with Crippen molar-refractivity contribution in [2.24, 2.45) is 0 Å². The number of carbonyl (C=O) groups excluding carboxylic acids is 1. The lowest BCUT2D eigenvalue weighted by Gasteiger charge is -2.13. The molecule has 0 atom stereocenters. The summed E-state index contributed by atoms with van der Waals surface area (Å²) in [5.41, 5.74) is 2.05. The van der Waals surface area contributed by atoms with Crippen LogP contribution in [0.1, 0.15) is 15.9 Å². The van der Waals surface area contributed by atoms with Gasteiger partial charge in [-0.05, 0) is 62.5 Å². The number of halogens is 3. The summed E-state index contributed by atoms with van der Waals surface area (Å²) in [7, 11) is 1.53. The molecule has 0 spiro atoms. The molecule has 2 rings (SSSR count). The zero-order valence-corrected chi connectivity index (χ0v) is 15.3. The third kappa shape index (κ3) is 3.59. The van der Waals surface area contributed by atoms with Gasteiger partial charge in [-0.15, -0.1) is 0 Å². The van der Waals surface area contributed by atoms with Crippen molar-refractivity contribution >= 4 is 55.1 Å². The summed E-state index contributed by atoms with van der Waals surface area (Å²) < 4.78 is 6.73. The van der Waals surface area contributed by atoms with Gasteiger partial charge in [-0.3, -0.25) is 4.79 Å². The fraction of sp³-hybridized carbons (Fsp3) is 0.133. The molecule has 0 fully saturated rings. The molecule has 0 saturated carbocycles. The Labute approximate surface area is 144 Å². The molecule has 21 heavy (non-hydrogen) atoms. The van der Waals surface area contributed by atoms with Crippen LogP contribution < -0.4 is 10.1 Å². The minimum atomic E-state index is -0.238. The Balaban J connectivity index is 2.38. The fourth-order valence-electron chi connectivity index (χ4n) is 1.87. The van der Waals surface area contributed by atoms with Crippen LogP contribution >= 0.6 is 43.5 Å². The third-order valence-electron chi connectivity index (χ3n) is 2.90. The number of benzene rings is 2. The molecule has 2 aromatic carbocycles. The lowest BCUT2D eigenvalue weighted by Crippen LogP contribution is -2.13. The third-order valence-corrected chi connectivity index (χ3v) is 4.76. The number of hydrogen-bond donors (Lipinski definition) is 1. The van der Waals surface area contributed by atoms with Gasteiger partial charge in [0.2, 0.25) is 0 Å². The second kappa shape index (κ2) is 6.81. The number of methoxy groups -OCH3 is 1.